The van der Waals surface area contributed by atoms with Crippen LogP contribution in [0, 0.1) is 11.6 Å². The van der Waals surface area contributed by atoms with E-state index in [1.807, 2.05) is 24.5 Å². The minimum atomic E-state index is -0.288. The fraction of sp³-hybridized carbons (Fsp3) is 0.217. The highest BCUT2D eigenvalue weighted by molar-refractivity contribution is 5.38. The monoisotopic (exact) mass is 405 g/mol. The van der Waals surface area contributed by atoms with E-state index in [1.54, 1.807) is 33.8 Å². The summed E-state index contributed by atoms with van der Waals surface area (Å²) in [5, 5.41) is 12.4. The number of hydrogen-bond donors (Lipinski definition) is 1. The second-order valence-corrected chi connectivity index (χ2v) is 7.51. The molecule has 0 radical (unpaired) electrons. The molecule has 0 spiro atoms. The third-order valence-electron chi connectivity index (χ3n) is 5.53. The van der Waals surface area contributed by atoms with Gasteiger partial charge in [0.25, 0.3) is 0 Å². The van der Waals surface area contributed by atoms with E-state index in [0.717, 1.165) is 36.1 Å². The highest BCUT2D eigenvalue weighted by Crippen LogP contribution is 2.31. The SMILES string of the molecule is Fc1cccc(-n2cc(CN[C@@H]3CCCc4c3cnn4-c3ccccc3F)cn2)c1. The zero-order valence-corrected chi connectivity index (χ0v) is 16.3. The van der Waals surface area contributed by atoms with E-state index < -0.39 is 0 Å². The van der Waals surface area contributed by atoms with Gasteiger partial charge < -0.3 is 5.32 Å². The summed E-state index contributed by atoms with van der Waals surface area (Å²) < 4.78 is 31.1. The first-order valence-electron chi connectivity index (χ1n) is 10.0. The summed E-state index contributed by atoms with van der Waals surface area (Å²) in [6, 6.07) is 13.2. The van der Waals surface area contributed by atoms with E-state index in [2.05, 4.69) is 15.5 Å². The van der Waals surface area contributed by atoms with E-state index >= 15 is 0 Å². The summed E-state index contributed by atoms with van der Waals surface area (Å²) in [7, 11) is 0. The molecule has 4 aromatic rings. The van der Waals surface area contributed by atoms with E-state index in [9.17, 15) is 8.78 Å². The van der Waals surface area contributed by atoms with Crippen molar-refractivity contribution in [2.24, 2.45) is 0 Å². The summed E-state index contributed by atoms with van der Waals surface area (Å²) in [5.41, 5.74) is 4.34. The van der Waals surface area contributed by atoms with E-state index in [-0.39, 0.29) is 17.7 Å². The Bertz CT molecular complexity index is 1180. The number of nitrogens with zero attached hydrogens (tertiary/aromatic N) is 4. The maximum atomic E-state index is 14.2. The molecule has 0 aliphatic heterocycles. The van der Waals surface area contributed by atoms with Crippen molar-refractivity contribution in [3.63, 3.8) is 0 Å². The Kier molecular flexibility index (Phi) is 4.88. The lowest BCUT2D eigenvalue weighted by molar-refractivity contribution is 0.454. The second kappa shape index (κ2) is 7.84. The molecular formula is C23H21F2N5. The number of fused-ring (bicyclic) bond motifs is 1. The van der Waals surface area contributed by atoms with Crippen molar-refractivity contribution in [3.05, 3.63) is 95.6 Å². The molecule has 1 aliphatic rings. The number of benzene rings is 2. The number of rotatable bonds is 5. The Hall–Kier alpha value is -3.32. The number of halogens is 2. The lowest BCUT2D eigenvalue weighted by Gasteiger charge is -2.24. The average Bonchev–Trinajstić information content (AvgIpc) is 3.40. The summed E-state index contributed by atoms with van der Waals surface area (Å²) in [6.07, 6.45) is 8.40. The number of aromatic nitrogens is 4. The molecule has 5 nitrogen and oxygen atoms in total. The molecule has 0 amide bonds. The van der Waals surface area contributed by atoms with Crippen molar-refractivity contribution in [2.45, 2.75) is 31.8 Å². The Morgan fingerprint density at radius 2 is 1.93 bits per heavy atom. The lowest BCUT2D eigenvalue weighted by Crippen LogP contribution is -2.25. The zero-order valence-electron chi connectivity index (χ0n) is 16.3. The summed E-state index contributed by atoms with van der Waals surface area (Å²) in [5.74, 6) is -0.562. The van der Waals surface area contributed by atoms with Crippen molar-refractivity contribution in [3.8, 4) is 11.4 Å². The quantitative estimate of drug-likeness (QED) is 0.532. The molecule has 0 fully saturated rings. The largest absolute Gasteiger partial charge is 0.306 e. The van der Waals surface area contributed by atoms with Crippen molar-refractivity contribution in [1.82, 2.24) is 24.9 Å². The number of para-hydroxylation sites is 1. The molecule has 7 heteroatoms. The van der Waals surface area contributed by atoms with Gasteiger partial charge in [-0.3, -0.25) is 0 Å². The van der Waals surface area contributed by atoms with Crippen LogP contribution in [-0.2, 0) is 13.0 Å². The van der Waals surface area contributed by atoms with Gasteiger partial charge >= 0.3 is 0 Å². The van der Waals surface area contributed by atoms with Crippen LogP contribution < -0.4 is 5.32 Å². The molecule has 5 rings (SSSR count). The molecule has 1 atom stereocenters. The fourth-order valence-electron chi connectivity index (χ4n) is 4.05. The molecule has 2 heterocycles. The van der Waals surface area contributed by atoms with E-state index in [1.165, 1.54) is 18.2 Å². The van der Waals surface area contributed by atoms with Crippen LogP contribution in [-0.4, -0.2) is 19.6 Å². The van der Waals surface area contributed by atoms with Crippen LogP contribution in [0.1, 0.15) is 35.7 Å². The lowest BCUT2D eigenvalue weighted by atomic mass is 9.92. The molecular weight excluding hydrogens is 384 g/mol. The van der Waals surface area contributed by atoms with Crippen LogP contribution >= 0.6 is 0 Å². The van der Waals surface area contributed by atoms with Crippen molar-refractivity contribution in [2.75, 3.05) is 0 Å². The Morgan fingerprint density at radius 3 is 2.80 bits per heavy atom. The van der Waals surface area contributed by atoms with Gasteiger partial charge in [-0.25, -0.2) is 18.1 Å². The first kappa shape index (κ1) is 18.7. The van der Waals surface area contributed by atoms with Crippen LogP contribution in [0.15, 0.2) is 67.1 Å². The topological polar surface area (TPSA) is 47.7 Å². The minimum Gasteiger partial charge on any atom is -0.306 e. The molecule has 1 N–H and O–H groups in total. The van der Waals surface area contributed by atoms with Crippen LogP contribution in [0.5, 0.6) is 0 Å². The Balaban J connectivity index is 1.33. The van der Waals surface area contributed by atoms with Gasteiger partial charge in [0.2, 0.25) is 0 Å². The first-order chi connectivity index (χ1) is 14.7. The Labute approximate surface area is 173 Å². The van der Waals surface area contributed by atoms with Gasteiger partial charge in [-0.1, -0.05) is 18.2 Å². The third-order valence-corrected chi connectivity index (χ3v) is 5.53. The summed E-state index contributed by atoms with van der Waals surface area (Å²) >= 11 is 0. The molecule has 0 bridgehead atoms. The van der Waals surface area contributed by atoms with Gasteiger partial charge in [0.15, 0.2) is 0 Å². The van der Waals surface area contributed by atoms with E-state index in [0.29, 0.717) is 17.9 Å². The summed E-state index contributed by atoms with van der Waals surface area (Å²) in [4.78, 5) is 0. The van der Waals surface area contributed by atoms with Gasteiger partial charge in [-0.05, 0) is 49.6 Å². The zero-order chi connectivity index (χ0) is 20.5. The van der Waals surface area contributed by atoms with Gasteiger partial charge in [-0.15, -0.1) is 0 Å². The molecule has 0 saturated carbocycles. The van der Waals surface area contributed by atoms with Crippen molar-refractivity contribution < 1.29 is 8.78 Å². The number of hydrogen-bond acceptors (Lipinski definition) is 3. The molecule has 0 unspecified atom stereocenters. The highest BCUT2D eigenvalue weighted by Gasteiger charge is 2.25. The number of nitrogens with one attached hydrogen (secondary N) is 1. The second-order valence-electron chi connectivity index (χ2n) is 7.51. The average molecular weight is 405 g/mol. The smallest absolute Gasteiger partial charge is 0.148 e. The predicted molar refractivity (Wildman–Crippen MR) is 110 cm³/mol. The molecule has 2 aromatic heterocycles. The normalized spacial score (nSPS) is 15.9. The van der Waals surface area contributed by atoms with Gasteiger partial charge in [-0.2, -0.15) is 10.2 Å². The maximum Gasteiger partial charge on any atom is 0.148 e. The van der Waals surface area contributed by atoms with Crippen LogP contribution in [0.4, 0.5) is 8.78 Å². The van der Waals surface area contributed by atoms with Crippen LogP contribution in [0.2, 0.25) is 0 Å². The van der Waals surface area contributed by atoms with Crippen molar-refractivity contribution in [1.29, 1.82) is 0 Å². The third kappa shape index (κ3) is 3.52. The predicted octanol–water partition coefficient (Wildman–Crippen LogP) is 4.50. The molecule has 2 aromatic carbocycles. The van der Waals surface area contributed by atoms with Gasteiger partial charge in [0.05, 0.1) is 18.1 Å². The molecule has 152 valence electrons. The minimum absolute atomic E-state index is 0.145. The molecule has 0 saturated heterocycles. The highest BCUT2D eigenvalue weighted by atomic mass is 19.1. The fourth-order valence-corrected chi connectivity index (χ4v) is 4.05. The maximum absolute atomic E-state index is 14.2. The standard InChI is InChI=1S/C23H21F2N5/c24-17-5-3-6-18(11-17)29-15-16(13-27-29)12-26-21-8-4-10-22-19(21)14-28-30(22)23-9-2-1-7-20(23)25/h1-3,5-7,9,11,13-15,21,26H,4,8,10,12H2/t21-/m1/s1. The molecule has 1 aliphatic carbocycles. The molecule has 30 heavy (non-hydrogen) atoms. The van der Waals surface area contributed by atoms with Gasteiger partial charge in [0.1, 0.15) is 17.3 Å². The van der Waals surface area contributed by atoms with Crippen LogP contribution in [0.25, 0.3) is 11.4 Å². The van der Waals surface area contributed by atoms with Crippen LogP contribution in [0.3, 0.4) is 0 Å². The summed E-state index contributed by atoms with van der Waals surface area (Å²) in [6.45, 7) is 0.629. The van der Waals surface area contributed by atoms with Gasteiger partial charge in [0, 0.05) is 35.6 Å². The Morgan fingerprint density at radius 1 is 1.03 bits per heavy atom. The van der Waals surface area contributed by atoms with Crippen molar-refractivity contribution >= 4 is 0 Å². The van der Waals surface area contributed by atoms with E-state index in [4.69, 9.17) is 0 Å². The first-order valence-corrected chi connectivity index (χ1v) is 10.0.